The van der Waals surface area contributed by atoms with E-state index in [1.54, 1.807) is 7.11 Å². The summed E-state index contributed by atoms with van der Waals surface area (Å²) in [4.78, 5) is 11.1. The second kappa shape index (κ2) is 10.2. The summed E-state index contributed by atoms with van der Waals surface area (Å²) >= 11 is 12.4. The molecule has 156 valence electrons. The quantitative estimate of drug-likeness (QED) is 0.437. The number of rotatable bonds is 8. The third kappa shape index (κ3) is 6.05. The molecular formula is C23H22Cl2N2O3. The standard InChI is InChI=1S/C23H22Cl2N2O3/c1-15(28)27-20-9-7-19(8-10-20)26-13-17-11-21(25)23(22(12-17)29-2)30-14-16-3-5-18(24)6-4-16/h3-12,26H,13-14H2,1-2H3,(H,27,28). The molecule has 0 spiro atoms. The number of nitrogens with one attached hydrogen (secondary N) is 2. The van der Waals surface area contributed by atoms with Crippen molar-refractivity contribution in [1.82, 2.24) is 0 Å². The Balaban J connectivity index is 1.65. The molecule has 3 aromatic rings. The van der Waals surface area contributed by atoms with E-state index in [0.717, 1.165) is 22.5 Å². The number of benzene rings is 3. The molecule has 0 aromatic heterocycles. The third-order valence-electron chi connectivity index (χ3n) is 4.29. The summed E-state index contributed by atoms with van der Waals surface area (Å²) in [6, 6.07) is 18.6. The molecule has 0 fully saturated rings. The van der Waals surface area contributed by atoms with Crippen LogP contribution in [0.4, 0.5) is 11.4 Å². The first-order chi connectivity index (χ1) is 14.4. The van der Waals surface area contributed by atoms with Crippen molar-refractivity contribution in [2.75, 3.05) is 17.7 Å². The molecule has 5 nitrogen and oxygen atoms in total. The van der Waals surface area contributed by atoms with E-state index in [2.05, 4.69) is 10.6 Å². The van der Waals surface area contributed by atoms with E-state index in [-0.39, 0.29) is 5.91 Å². The van der Waals surface area contributed by atoms with Crippen LogP contribution >= 0.6 is 23.2 Å². The highest BCUT2D eigenvalue weighted by molar-refractivity contribution is 6.32. The molecular weight excluding hydrogens is 423 g/mol. The molecule has 0 unspecified atom stereocenters. The molecule has 1 amide bonds. The minimum atomic E-state index is -0.101. The first-order valence-corrected chi connectivity index (χ1v) is 10.1. The van der Waals surface area contributed by atoms with Gasteiger partial charge in [-0.05, 0) is 59.7 Å². The maximum Gasteiger partial charge on any atom is 0.221 e. The van der Waals surface area contributed by atoms with Gasteiger partial charge in [0.1, 0.15) is 6.61 Å². The summed E-state index contributed by atoms with van der Waals surface area (Å²) < 4.78 is 11.4. The molecule has 30 heavy (non-hydrogen) atoms. The number of carbonyl (C=O) groups is 1. The van der Waals surface area contributed by atoms with Gasteiger partial charge < -0.3 is 20.1 Å². The van der Waals surface area contributed by atoms with E-state index in [4.69, 9.17) is 32.7 Å². The van der Waals surface area contributed by atoms with Gasteiger partial charge in [-0.25, -0.2) is 0 Å². The average molecular weight is 445 g/mol. The lowest BCUT2D eigenvalue weighted by Gasteiger charge is -2.15. The van der Waals surface area contributed by atoms with Gasteiger partial charge in [0.2, 0.25) is 5.91 Å². The van der Waals surface area contributed by atoms with Crippen molar-refractivity contribution in [1.29, 1.82) is 0 Å². The van der Waals surface area contributed by atoms with Crippen LogP contribution in [0.15, 0.2) is 60.7 Å². The van der Waals surface area contributed by atoms with E-state index in [1.807, 2.05) is 60.7 Å². The number of hydrogen-bond donors (Lipinski definition) is 2. The predicted molar refractivity (Wildman–Crippen MR) is 122 cm³/mol. The monoisotopic (exact) mass is 444 g/mol. The molecule has 7 heteroatoms. The number of ether oxygens (including phenoxy) is 2. The van der Waals surface area contributed by atoms with Gasteiger partial charge in [-0.3, -0.25) is 4.79 Å². The molecule has 2 N–H and O–H groups in total. The molecule has 0 aliphatic heterocycles. The average Bonchev–Trinajstić information content (AvgIpc) is 2.73. The van der Waals surface area contributed by atoms with Gasteiger partial charge in [-0.15, -0.1) is 0 Å². The number of anilines is 2. The second-order valence-electron chi connectivity index (χ2n) is 6.64. The minimum Gasteiger partial charge on any atom is -0.493 e. The van der Waals surface area contributed by atoms with Gasteiger partial charge in [0.15, 0.2) is 11.5 Å². The molecule has 0 atom stereocenters. The molecule has 0 aliphatic rings. The molecule has 0 aliphatic carbocycles. The minimum absolute atomic E-state index is 0.101. The van der Waals surface area contributed by atoms with Crippen LogP contribution in [0.1, 0.15) is 18.1 Å². The van der Waals surface area contributed by atoms with Crippen LogP contribution < -0.4 is 20.1 Å². The van der Waals surface area contributed by atoms with Crippen LogP contribution in [-0.4, -0.2) is 13.0 Å². The second-order valence-corrected chi connectivity index (χ2v) is 7.48. The number of hydrogen-bond acceptors (Lipinski definition) is 4. The Bertz CT molecular complexity index is 1010. The van der Waals surface area contributed by atoms with Crippen molar-refractivity contribution in [3.63, 3.8) is 0 Å². The summed E-state index contributed by atoms with van der Waals surface area (Å²) in [5.41, 5.74) is 3.59. The fourth-order valence-electron chi connectivity index (χ4n) is 2.83. The molecule has 0 heterocycles. The van der Waals surface area contributed by atoms with Gasteiger partial charge in [-0.1, -0.05) is 35.3 Å². The highest BCUT2D eigenvalue weighted by Gasteiger charge is 2.12. The largest absolute Gasteiger partial charge is 0.493 e. The maximum atomic E-state index is 11.1. The molecule has 0 bridgehead atoms. The van der Waals surface area contributed by atoms with Crippen molar-refractivity contribution in [3.05, 3.63) is 81.8 Å². The summed E-state index contributed by atoms with van der Waals surface area (Å²) in [5.74, 6) is 0.961. The highest BCUT2D eigenvalue weighted by Crippen LogP contribution is 2.37. The highest BCUT2D eigenvalue weighted by atomic mass is 35.5. The van der Waals surface area contributed by atoms with E-state index in [9.17, 15) is 4.79 Å². The number of amides is 1. The van der Waals surface area contributed by atoms with E-state index >= 15 is 0 Å². The van der Waals surface area contributed by atoms with Crippen LogP contribution in [0.2, 0.25) is 10.0 Å². The molecule has 0 saturated carbocycles. The zero-order chi connectivity index (χ0) is 21.5. The fourth-order valence-corrected chi connectivity index (χ4v) is 3.24. The first kappa shape index (κ1) is 21.8. The summed E-state index contributed by atoms with van der Waals surface area (Å²) in [7, 11) is 1.58. The van der Waals surface area contributed by atoms with Crippen LogP contribution in [0.3, 0.4) is 0 Å². The summed E-state index contributed by atoms with van der Waals surface area (Å²) in [5, 5.41) is 7.21. The molecule has 0 radical (unpaired) electrons. The topological polar surface area (TPSA) is 59.6 Å². The Labute approximate surface area is 185 Å². The van der Waals surface area contributed by atoms with Crippen LogP contribution in [0.25, 0.3) is 0 Å². The Kier molecular flexibility index (Phi) is 7.44. The SMILES string of the molecule is COc1cc(CNc2ccc(NC(C)=O)cc2)cc(Cl)c1OCc1ccc(Cl)cc1. The van der Waals surface area contributed by atoms with E-state index < -0.39 is 0 Å². The summed E-state index contributed by atoms with van der Waals surface area (Å²) in [6.07, 6.45) is 0. The van der Waals surface area contributed by atoms with Gasteiger partial charge in [-0.2, -0.15) is 0 Å². The predicted octanol–water partition coefficient (Wildman–Crippen LogP) is 6.15. The van der Waals surface area contributed by atoms with Gasteiger partial charge in [0, 0.05) is 29.9 Å². The maximum absolute atomic E-state index is 11.1. The lowest BCUT2D eigenvalue weighted by atomic mass is 10.2. The smallest absolute Gasteiger partial charge is 0.221 e. The van der Waals surface area contributed by atoms with Crippen LogP contribution in [0.5, 0.6) is 11.5 Å². The molecule has 0 saturated heterocycles. The lowest BCUT2D eigenvalue weighted by molar-refractivity contribution is -0.114. The van der Waals surface area contributed by atoms with Gasteiger partial charge >= 0.3 is 0 Å². The van der Waals surface area contributed by atoms with Crippen molar-refractivity contribution in [2.24, 2.45) is 0 Å². The molecule has 3 aromatic carbocycles. The van der Waals surface area contributed by atoms with E-state index in [1.165, 1.54) is 6.92 Å². The number of carbonyl (C=O) groups excluding carboxylic acids is 1. The Hall–Kier alpha value is -2.89. The van der Waals surface area contributed by atoms with E-state index in [0.29, 0.717) is 34.7 Å². The zero-order valence-corrected chi connectivity index (χ0v) is 18.2. The van der Waals surface area contributed by atoms with Gasteiger partial charge in [0.05, 0.1) is 12.1 Å². The van der Waals surface area contributed by atoms with Gasteiger partial charge in [0.25, 0.3) is 0 Å². The van der Waals surface area contributed by atoms with Crippen molar-refractivity contribution < 1.29 is 14.3 Å². The Morgan fingerprint density at radius 2 is 1.60 bits per heavy atom. The van der Waals surface area contributed by atoms with Crippen molar-refractivity contribution in [3.8, 4) is 11.5 Å². The van der Waals surface area contributed by atoms with Crippen molar-refractivity contribution >= 4 is 40.5 Å². The number of halogens is 2. The van der Waals surface area contributed by atoms with Crippen LogP contribution in [-0.2, 0) is 17.9 Å². The first-order valence-electron chi connectivity index (χ1n) is 9.30. The lowest BCUT2D eigenvalue weighted by Crippen LogP contribution is -2.06. The fraction of sp³-hybridized carbons (Fsp3) is 0.174. The Morgan fingerprint density at radius 1 is 0.933 bits per heavy atom. The van der Waals surface area contributed by atoms with Crippen LogP contribution in [0, 0.1) is 0 Å². The zero-order valence-electron chi connectivity index (χ0n) is 16.7. The normalized spacial score (nSPS) is 10.4. The van der Waals surface area contributed by atoms with Crippen molar-refractivity contribution in [2.45, 2.75) is 20.1 Å². The Morgan fingerprint density at radius 3 is 2.23 bits per heavy atom. The molecule has 3 rings (SSSR count). The summed E-state index contributed by atoms with van der Waals surface area (Å²) in [6.45, 7) is 2.38. The third-order valence-corrected chi connectivity index (χ3v) is 4.82. The number of methoxy groups -OCH3 is 1.